The van der Waals surface area contributed by atoms with E-state index < -0.39 is 10.0 Å². The molecule has 23 heavy (non-hydrogen) atoms. The van der Waals surface area contributed by atoms with E-state index >= 15 is 0 Å². The number of nitrogens with zero attached hydrogens (tertiary/aromatic N) is 2. The van der Waals surface area contributed by atoms with E-state index in [1.165, 1.54) is 11.7 Å². The van der Waals surface area contributed by atoms with Gasteiger partial charge in [-0.2, -0.15) is 5.10 Å². The lowest BCUT2D eigenvalue weighted by atomic mass is 10.1. The highest BCUT2D eigenvalue weighted by Gasteiger charge is 2.09. The summed E-state index contributed by atoms with van der Waals surface area (Å²) in [5, 5.41) is 7.08. The molecule has 7 nitrogen and oxygen atoms in total. The molecule has 2 rings (SSSR count). The number of aryl methyl sites for hydroxylation is 1. The Morgan fingerprint density at radius 2 is 1.83 bits per heavy atom. The third kappa shape index (κ3) is 4.63. The maximum Gasteiger partial charge on any atom is 0.282 e. The highest BCUT2D eigenvalue weighted by molar-refractivity contribution is 9.10. The quantitative estimate of drug-likeness (QED) is 0.759. The van der Waals surface area contributed by atoms with Gasteiger partial charge in [0.1, 0.15) is 4.47 Å². The number of nitrogens with one attached hydrogen (secondary N) is 2. The van der Waals surface area contributed by atoms with Crippen LogP contribution in [0.5, 0.6) is 0 Å². The van der Waals surface area contributed by atoms with Crippen molar-refractivity contribution in [2.75, 3.05) is 12.4 Å². The number of rotatable bonds is 6. The molecule has 1 aromatic carbocycles. The van der Waals surface area contributed by atoms with Gasteiger partial charge >= 0.3 is 0 Å². The van der Waals surface area contributed by atoms with Crippen molar-refractivity contribution in [3.63, 3.8) is 0 Å². The summed E-state index contributed by atoms with van der Waals surface area (Å²) in [4.78, 5) is 11.8. The summed E-state index contributed by atoms with van der Waals surface area (Å²) in [6, 6.07) is 7.22. The summed E-state index contributed by atoms with van der Waals surface area (Å²) in [7, 11) is -0.302. The maximum absolute atomic E-state index is 11.8. The zero-order valence-electron chi connectivity index (χ0n) is 12.7. The fraction of sp³-hybridized carbons (Fsp3) is 0.286. The molecule has 0 aliphatic rings. The lowest BCUT2D eigenvalue weighted by Gasteiger charge is -2.09. The van der Waals surface area contributed by atoms with Crippen molar-refractivity contribution in [3.8, 4) is 0 Å². The van der Waals surface area contributed by atoms with E-state index in [9.17, 15) is 13.2 Å². The van der Waals surface area contributed by atoms with Crippen molar-refractivity contribution in [1.82, 2.24) is 14.5 Å². The Balaban J connectivity index is 2.05. The molecule has 124 valence electrons. The molecule has 1 aromatic heterocycles. The van der Waals surface area contributed by atoms with Gasteiger partial charge in [-0.1, -0.05) is 24.3 Å². The van der Waals surface area contributed by atoms with Gasteiger partial charge in [-0.3, -0.25) is 4.79 Å². The number of sulfonamides is 1. The number of halogens is 1. The van der Waals surface area contributed by atoms with Gasteiger partial charge in [0.2, 0.25) is 10.0 Å². The summed E-state index contributed by atoms with van der Waals surface area (Å²) < 4.78 is 26.9. The molecular formula is C14H17BrN4O3S. The molecule has 0 spiro atoms. The third-order valence-corrected chi connectivity index (χ3v) is 5.35. The standard InChI is InChI=1S/C14H17BrN4O3S/c1-16-23(21,22)9-11-5-3-10(4-6-11)7-17-12-8-18-19(2)14(20)13(12)15/h3-6,8,16-17H,7,9H2,1-2H3. The Hall–Kier alpha value is -1.71. The van der Waals surface area contributed by atoms with Crippen LogP contribution in [0.3, 0.4) is 0 Å². The molecule has 0 amide bonds. The van der Waals surface area contributed by atoms with Crippen LogP contribution in [0.15, 0.2) is 39.7 Å². The molecule has 2 N–H and O–H groups in total. The van der Waals surface area contributed by atoms with Crippen LogP contribution in [0.25, 0.3) is 0 Å². The fourth-order valence-electron chi connectivity index (χ4n) is 1.88. The summed E-state index contributed by atoms with van der Waals surface area (Å²) >= 11 is 3.25. The first kappa shape index (κ1) is 17.6. The highest BCUT2D eigenvalue weighted by Crippen LogP contribution is 2.17. The first-order valence-corrected chi connectivity index (χ1v) is 9.21. The van der Waals surface area contributed by atoms with Crippen LogP contribution in [0.1, 0.15) is 11.1 Å². The van der Waals surface area contributed by atoms with Gasteiger partial charge < -0.3 is 5.32 Å². The highest BCUT2D eigenvalue weighted by atomic mass is 79.9. The van der Waals surface area contributed by atoms with Crippen LogP contribution in [0.4, 0.5) is 5.69 Å². The molecule has 0 aliphatic heterocycles. The smallest absolute Gasteiger partial charge is 0.282 e. The van der Waals surface area contributed by atoms with Crippen molar-refractivity contribution in [2.45, 2.75) is 12.3 Å². The number of aromatic nitrogens is 2. The van der Waals surface area contributed by atoms with Crippen LogP contribution in [-0.2, 0) is 29.4 Å². The van der Waals surface area contributed by atoms with Crippen LogP contribution in [0, 0.1) is 0 Å². The summed E-state index contributed by atoms with van der Waals surface area (Å²) in [5.74, 6) is -0.0542. The maximum atomic E-state index is 11.8. The van der Waals surface area contributed by atoms with Crippen LogP contribution in [0.2, 0.25) is 0 Å². The van der Waals surface area contributed by atoms with Gasteiger partial charge in [0.15, 0.2) is 0 Å². The summed E-state index contributed by atoms with van der Waals surface area (Å²) in [6.07, 6.45) is 1.57. The second-order valence-corrected chi connectivity index (χ2v) is 7.65. The van der Waals surface area contributed by atoms with Crippen molar-refractivity contribution < 1.29 is 8.42 Å². The first-order chi connectivity index (χ1) is 10.8. The van der Waals surface area contributed by atoms with Crippen molar-refractivity contribution >= 4 is 31.6 Å². The summed E-state index contributed by atoms with van der Waals surface area (Å²) in [5.41, 5.74) is 2.06. The molecule has 0 fully saturated rings. The molecule has 0 bridgehead atoms. The SMILES string of the molecule is CNS(=O)(=O)Cc1ccc(CNc2cnn(C)c(=O)c2Br)cc1. The van der Waals surface area contributed by atoms with Gasteiger partial charge in [0, 0.05) is 13.6 Å². The van der Waals surface area contributed by atoms with E-state index in [4.69, 9.17) is 0 Å². The first-order valence-electron chi connectivity index (χ1n) is 6.77. The minimum atomic E-state index is -3.27. The predicted octanol–water partition coefficient (Wildman–Crippen LogP) is 1.20. The van der Waals surface area contributed by atoms with Crippen LogP contribution >= 0.6 is 15.9 Å². The van der Waals surface area contributed by atoms with Crippen molar-refractivity contribution in [1.29, 1.82) is 0 Å². The number of hydrogen-bond donors (Lipinski definition) is 2. The number of benzene rings is 1. The van der Waals surface area contributed by atoms with Gasteiger partial charge in [-0.15, -0.1) is 0 Å². The monoisotopic (exact) mass is 400 g/mol. The van der Waals surface area contributed by atoms with Gasteiger partial charge in [-0.05, 0) is 34.1 Å². The van der Waals surface area contributed by atoms with E-state index in [0.29, 0.717) is 22.3 Å². The second kappa shape index (κ2) is 7.24. The number of anilines is 1. The minimum absolute atomic E-state index is 0.0542. The zero-order valence-corrected chi connectivity index (χ0v) is 15.1. The van der Waals surface area contributed by atoms with Gasteiger partial charge in [0.25, 0.3) is 5.56 Å². The molecule has 0 unspecified atom stereocenters. The molecule has 2 aromatic rings. The Kier molecular flexibility index (Phi) is 5.55. The Bertz CT molecular complexity index is 847. The molecular weight excluding hydrogens is 384 g/mol. The van der Waals surface area contributed by atoms with E-state index in [1.54, 1.807) is 25.4 Å². The van der Waals surface area contributed by atoms with E-state index in [-0.39, 0.29) is 11.3 Å². The van der Waals surface area contributed by atoms with Crippen LogP contribution in [-0.4, -0.2) is 25.2 Å². The lowest BCUT2D eigenvalue weighted by molar-refractivity contribution is 0.587. The molecule has 9 heteroatoms. The third-order valence-electron chi connectivity index (χ3n) is 3.25. The predicted molar refractivity (Wildman–Crippen MR) is 92.6 cm³/mol. The topological polar surface area (TPSA) is 93.1 Å². The molecule has 0 saturated carbocycles. The molecule has 0 saturated heterocycles. The molecule has 1 heterocycles. The average Bonchev–Trinajstić information content (AvgIpc) is 2.53. The van der Waals surface area contributed by atoms with Crippen LogP contribution < -0.4 is 15.6 Å². The van der Waals surface area contributed by atoms with E-state index in [0.717, 1.165) is 5.56 Å². The molecule has 0 radical (unpaired) electrons. The van der Waals surface area contributed by atoms with E-state index in [2.05, 4.69) is 31.1 Å². The minimum Gasteiger partial charge on any atom is -0.379 e. The Labute approximate surface area is 142 Å². The summed E-state index contributed by atoms with van der Waals surface area (Å²) in [6.45, 7) is 0.493. The number of hydrogen-bond acceptors (Lipinski definition) is 5. The lowest BCUT2D eigenvalue weighted by Crippen LogP contribution is -2.21. The second-order valence-electron chi connectivity index (χ2n) is 4.93. The average molecular weight is 401 g/mol. The van der Waals surface area contributed by atoms with Crippen molar-refractivity contribution in [2.24, 2.45) is 7.05 Å². The Morgan fingerprint density at radius 1 is 1.22 bits per heavy atom. The zero-order chi connectivity index (χ0) is 17.0. The largest absolute Gasteiger partial charge is 0.379 e. The Morgan fingerprint density at radius 3 is 2.43 bits per heavy atom. The molecule has 0 aliphatic carbocycles. The fourth-order valence-corrected chi connectivity index (χ4v) is 3.15. The normalized spacial score (nSPS) is 11.4. The van der Waals surface area contributed by atoms with Gasteiger partial charge in [-0.25, -0.2) is 17.8 Å². The molecule has 0 atom stereocenters. The van der Waals surface area contributed by atoms with Crippen molar-refractivity contribution in [3.05, 3.63) is 56.4 Å². The van der Waals surface area contributed by atoms with E-state index in [1.807, 2.05) is 12.1 Å². The van der Waals surface area contributed by atoms with Gasteiger partial charge in [0.05, 0.1) is 17.6 Å².